The third-order valence-electron chi connectivity index (χ3n) is 8.22. The van der Waals surface area contributed by atoms with Gasteiger partial charge in [0.1, 0.15) is 0 Å². The minimum atomic E-state index is 0. The van der Waals surface area contributed by atoms with Crippen LogP contribution in [-0.2, 0) is 6.42 Å². The standard InChI is InChI=1S/C23H16.C6H7N.C6H15N.C5H11N.C4H11N/c1-2-8-16(9-3-1)22-19-13-5-4-12-18(19)20-14-6-10-17-11-7-15-21(22)23(17)20;7-6-4-2-1-3-5-6;1-4-7(5-2)6-3;1-2-4-6-5-3-1;1-4(2,3)5/h1-13,15H,14H2;1-5H,7H2;4-6H2,1-3H3;6H,1-5H2;5H2,1-3H3. The predicted octanol–water partition coefficient (Wildman–Crippen LogP) is 10.3. The fourth-order valence-corrected chi connectivity index (χ4v) is 5.86. The quantitative estimate of drug-likeness (QED) is 0.135. The van der Waals surface area contributed by atoms with Crippen molar-refractivity contribution in [1.82, 2.24) is 10.2 Å². The Kier molecular flexibility index (Phi) is 16.4. The van der Waals surface area contributed by atoms with Crippen LogP contribution in [-0.4, -0.2) is 43.2 Å². The highest BCUT2D eigenvalue weighted by Gasteiger charge is 2.17. The summed E-state index contributed by atoms with van der Waals surface area (Å²) in [4.78, 5) is 2.38. The third kappa shape index (κ3) is 12.6. The molecule has 0 bridgehead atoms. The van der Waals surface area contributed by atoms with Crippen LogP contribution >= 0.6 is 0 Å². The van der Waals surface area contributed by atoms with E-state index in [2.05, 4.69) is 116 Å². The van der Waals surface area contributed by atoms with Gasteiger partial charge in [0, 0.05) is 11.2 Å². The van der Waals surface area contributed by atoms with Crippen LogP contribution in [0.4, 0.5) is 5.69 Å². The number of allylic oxidation sites excluding steroid dienone is 1. The molecule has 1 fully saturated rings. The maximum absolute atomic E-state index is 5.36. The summed E-state index contributed by atoms with van der Waals surface area (Å²) in [6, 6.07) is 35.8. The summed E-state index contributed by atoms with van der Waals surface area (Å²) in [6.45, 7) is 18.5. The van der Waals surface area contributed by atoms with E-state index in [9.17, 15) is 0 Å². The largest absolute Gasteiger partial charge is 0.399 e. The average molecular weight is 645 g/mol. The zero-order valence-corrected chi connectivity index (χ0v) is 30.4. The van der Waals surface area contributed by atoms with Crippen LogP contribution in [0.1, 0.15) is 71.9 Å². The number of para-hydroxylation sites is 1. The van der Waals surface area contributed by atoms with E-state index in [0.717, 1.165) is 12.1 Å². The van der Waals surface area contributed by atoms with E-state index in [0.29, 0.717) is 0 Å². The van der Waals surface area contributed by atoms with Crippen LogP contribution < -0.4 is 16.8 Å². The number of hydrogen-bond donors (Lipinski definition) is 3. The first-order valence-corrected chi connectivity index (χ1v) is 17.9. The third-order valence-corrected chi connectivity index (χ3v) is 8.22. The van der Waals surface area contributed by atoms with Gasteiger partial charge in [-0.25, -0.2) is 0 Å². The Bertz CT molecular complexity index is 1620. The number of nitrogens with one attached hydrogen (secondary N) is 1. The Balaban J connectivity index is 0.000000204. The second-order valence-corrected chi connectivity index (χ2v) is 13.3. The van der Waals surface area contributed by atoms with Crippen molar-refractivity contribution in [1.29, 1.82) is 0 Å². The van der Waals surface area contributed by atoms with Crippen molar-refractivity contribution < 1.29 is 0 Å². The van der Waals surface area contributed by atoms with Crippen molar-refractivity contribution in [2.24, 2.45) is 5.73 Å². The second kappa shape index (κ2) is 20.4. The van der Waals surface area contributed by atoms with Gasteiger partial charge >= 0.3 is 0 Å². The molecule has 4 heteroatoms. The number of benzene rings is 5. The Morgan fingerprint density at radius 1 is 0.646 bits per heavy atom. The van der Waals surface area contributed by atoms with E-state index in [4.69, 9.17) is 11.5 Å². The Hall–Kier alpha value is -3.96. The van der Waals surface area contributed by atoms with Crippen molar-refractivity contribution in [3.8, 4) is 11.1 Å². The van der Waals surface area contributed by atoms with Gasteiger partial charge in [0.25, 0.3) is 0 Å². The van der Waals surface area contributed by atoms with Gasteiger partial charge in [-0.3, -0.25) is 0 Å². The van der Waals surface area contributed by atoms with Crippen molar-refractivity contribution >= 4 is 33.3 Å². The van der Waals surface area contributed by atoms with Gasteiger partial charge in [0.15, 0.2) is 0 Å². The van der Waals surface area contributed by atoms with Gasteiger partial charge in [-0.1, -0.05) is 130 Å². The average Bonchev–Trinajstić information content (AvgIpc) is 3.11. The maximum Gasteiger partial charge on any atom is 0.0313 e. The molecule has 0 amide bonds. The van der Waals surface area contributed by atoms with Crippen LogP contribution in [0.25, 0.3) is 38.7 Å². The number of nitrogens with zero attached hydrogens (tertiary/aromatic N) is 1. The molecule has 0 unspecified atom stereocenters. The lowest BCUT2D eigenvalue weighted by atomic mass is 9.84. The minimum Gasteiger partial charge on any atom is -0.399 e. The van der Waals surface area contributed by atoms with Crippen LogP contribution in [0, 0.1) is 0 Å². The molecular weight excluding hydrogens is 585 g/mol. The molecule has 0 radical (unpaired) electrons. The van der Waals surface area contributed by atoms with Crippen molar-refractivity contribution in [3.05, 3.63) is 120 Å². The Labute approximate surface area is 291 Å². The fourth-order valence-electron chi connectivity index (χ4n) is 5.86. The summed E-state index contributed by atoms with van der Waals surface area (Å²) in [5.41, 5.74) is 17.0. The zero-order chi connectivity index (χ0) is 34.8. The lowest BCUT2D eigenvalue weighted by Crippen LogP contribution is -2.26. The molecule has 48 heavy (non-hydrogen) atoms. The topological polar surface area (TPSA) is 67.3 Å². The number of nitrogens with two attached hydrogens (primary N) is 2. The van der Waals surface area contributed by atoms with Crippen molar-refractivity contribution in [3.63, 3.8) is 0 Å². The molecule has 2 aliphatic rings. The van der Waals surface area contributed by atoms with Crippen molar-refractivity contribution in [2.45, 2.75) is 72.8 Å². The summed E-state index contributed by atoms with van der Waals surface area (Å²) < 4.78 is 0. The number of hydrogen-bond acceptors (Lipinski definition) is 4. The molecule has 7 rings (SSSR count). The number of piperidine rings is 1. The van der Waals surface area contributed by atoms with E-state index < -0.39 is 0 Å². The number of anilines is 1. The molecule has 4 nitrogen and oxygen atoms in total. The predicted molar refractivity (Wildman–Crippen MR) is 215 cm³/mol. The summed E-state index contributed by atoms with van der Waals surface area (Å²) in [7, 11) is 0. The van der Waals surface area contributed by atoms with Gasteiger partial charge in [-0.2, -0.15) is 0 Å². The molecular formula is C44H60N4. The fraction of sp³-hybridized carbons (Fsp3) is 0.364. The molecule has 5 aromatic carbocycles. The van der Waals surface area contributed by atoms with Gasteiger partial charge in [-0.05, 0) is 129 Å². The van der Waals surface area contributed by atoms with E-state index in [-0.39, 0.29) is 5.54 Å². The molecule has 0 saturated carbocycles. The number of rotatable bonds is 4. The molecule has 1 heterocycles. The van der Waals surface area contributed by atoms with E-state index in [1.54, 1.807) is 0 Å². The van der Waals surface area contributed by atoms with Crippen LogP contribution in [0.3, 0.4) is 0 Å². The number of fused-ring (bicyclic) bond motifs is 2. The zero-order valence-electron chi connectivity index (χ0n) is 30.4. The van der Waals surface area contributed by atoms with E-state index >= 15 is 0 Å². The van der Waals surface area contributed by atoms with Crippen LogP contribution in [0.15, 0.2) is 109 Å². The minimum absolute atomic E-state index is 0. The van der Waals surface area contributed by atoms with Crippen LogP contribution in [0.2, 0.25) is 0 Å². The molecule has 1 aliphatic heterocycles. The molecule has 256 valence electrons. The Morgan fingerprint density at radius 3 is 1.62 bits per heavy atom. The summed E-state index contributed by atoms with van der Waals surface area (Å²) in [5, 5.41) is 8.82. The maximum atomic E-state index is 5.36. The highest BCUT2D eigenvalue weighted by atomic mass is 15.1. The second-order valence-electron chi connectivity index (χ2n) is 13.3. The first-order valence-electron chi connectivity index (χ1n) is 17.9. The molecule has 1 saturated heterocycles. The molecule has 0 atom stereocenters. The van der Waals surface area contributed by atoms with E-state index in [1.807, 2.05) is 51.1 Å². The van der Waals surface area contributed by atoms with Gasteiger partial charge < -0.3 is 21.7 Å². The molecule has 5 aromatic rings. The van der Waals surface area contributed by atoms with Gasteiger partial charge in [-0.15, -0.1) is 0 Å². The SMILES string of the molecule is C1=Cc2cccc3c(-c4ccccc4)c4ccccc4c(c23)C1.C1CCNCC1.CC(C)(C)N.CCN(CC)CC.Nc1ccccc1. The van der Waals surface area contributed by atoms with Crippen LogP contribution in [0.5, 0.6) is 0 Å². The summed E-state index contributed by atoms with van der Waals surface area (Å²) in [5.74, 6) is 0. The highest BCUT2D eigenvalue weighted by Crippen LogP contribution is 2.42. The molecule has 1 aliphatic carbocycles. The smallest absolute Gasteiger partial charge is 0.0313 e. The van der Waals surface area contributed by atoms with Gasteiger partial charge in [0.2, 0.25) is 0 Å². The molecule has 5 N–H and O–H groups in total. The Morgan fingerprint density at radius 2 is 1.17 bits per heavy atom. The summed E-state index contributed by atoms with van der Waals surface area (Å²) >= 11 is 0. The van der Waals surface area contributed by atoms with Gasteiger partial charge in [0.05, 0.1) is 0 Å². The molecule has 0 aromatic heterocycles. The highest BCUT2D eigenvalue weighted by molar-refractivity contribution is 6.17. The van der Waals surface area contributed by atoms with Crippen molar-refractivity contribution in [2.75, 3.05) is 38.5 Å². The number of nitrogen functional groups attached to an aromatic ring is 1. The van der Waals surface area contributed by atoms with E-state index in [1.165, 1.54) is 95.8 Å². The normalized spacial score (nSPS) is 13.2. The first-order chi connectivity index (χ1) is 23.2. The monoisotopic (exact) mass is 644 g/mol. The lowest BCUT2D eigenvalue weighted by Gasteiger charge is -2.20. The lowest BCUT2D eigenvalue weighted by molar-refractivity contribution is 0.321. The first kappa shape index (κ1) is 38.5. The molecule has 0 spiro atoms. The summed E-state index contributed by atoms with van der Waals surface area (Å²) in [6.07, 6.45) is 9.78.